The van der Waals surface area contributed by atoms with Gasteiger partial charge in [-0.2, -0.15) is 5.10 Å². The molecule has 0 spiro atoms. The highest BCUT2D eigenvalue weighted by molar-refractivity contribution is 5.96. The number of benzene rings is 1. The summed E-state index contributed by atoms with van der Waals surface area (Å²) >= 11 is 0. The predicted octanol–water partition coefficient (Wildman–Crippen LogP) is 3.67. The van der Waals surface area contributed by atoms with Crippen LogP contribution in [0.25, 0.3) is 11.0 Å². The van der Waals surface area contributed by atoms with Gasteiger partial charge in [0.2, 0.25) is 5.95 Å². The fraction of sp³-hybridized carbons (Fsp3) is 0.407. The number of piperazine rings is 1. The molecule has 1 aliphatic heterocycles. The van der Waals surface area contributed by atoms with Crippen LogP contribution in [0.5, 0.6) is 0 Å². The molecule has 10 nitrogen and oxygen atoms in total. The molecule has 0 atom stereocenters. The number of Topliss-reactive ketones (excluding diaryl/α,β-unsaturated/α-hetero) is 1. The lowest BCUT2D eigenvalue weighted by atomic mass is 9.92. The van der Waals surface area contributed by atoms with Gasteiger partial charge in [-0.15, -0.1) is 0 Å². The Kier molecular flexibility index (Phi) is 6.59. The maximum atomic E-state index is 12.9. The number of H-pyrrole nitrogens is 1. The molecule has 37 heavy (non-hydrogen) atoms. The minimum atomic E-state index is -0.0967. The Bertz CT molecular complexity index is 1430. The fourth-order valence-electron chi connectivity index (χ4n) is 4.26. The molecule has 192 valence electrons. The van der Waals surface area contributed by atoms with Gasteiger partial charge in [0.15, 0.2) is 11.6 Å². The number of carbonyl (C=O) groups excluding carboxylic acids is 1. The van der Waals surface area contributed by atoms with Gasteiger partial charge in [0.1, 0.15) is 23.1 Å². The number of rotatable bonds is 6. The van der Waals surface area contributed by atoms with E-state index < -0.39 is 0 Å². The van der Waals surface area contributed by atoms with Crippen molar-refractivity contribution in [1.82, 2.24) is 35.0 Å². The number of hydrogen-bond donors (Lipinski definition) is 2. The highest BCUT2D eigenvalue weighted by Gasteiger charge is 2.20. The highest BCUT2D eigenvalue weighted by Crippen LogP contribution is 2.27. The molecule has 0 saturated carbocycles. The van der Waals surface area contributed by atoms with E-state index >= 15 is 0 Å². The Morgan fingerprint density at radius 2 is 1.86 bits per heavy atom. The number of likely N-dealkylation sites (N-methyl/N-ethyl adjacent to an activating group) is 1. The standard InChI is InChI=1S/C27H33N9O/c1-17-6-7-18(13-22(37)20-14-23(34-33-20)27(2,3)4)12-19(17)31-25-24-21(29-16-30-25)15-28-26(32-24)36-10-8-35(5)9-11-36/h6-7,12,14-16H,8-11,13H2,1-5H3,(H,33,34)(H,29,30,31). The first kappa shape index (κ1) is 24.8. The molecule has 0 radical (unpaired) electrons. The zero-order valence-electron chi connectivity index (χ0n) is 22.0. The van der Waals surface area contributed by atoms with Crippen molar-refractivity contribution in [3.05, 3.63) is 59.3 Å². The first-order valence-corrected chi connectivity index (χ1v) is 12.5. The van der Waals surface area contributed by atoms with Gasteiger partial charge in [0.05, 0.1) is 6.20 Å². The van der Waals surface area contributed by atoms with Gasteiger partial charge < -0.3 is 15.1 Å². The van der Waals surface area contributed by atoms with Crippen molar-refractivity contribution in [3.63, 3.8) is 0 Å². The summed E-state index contributed by atoms with van der Waals surface area (Å²) in [5.41, 5.74) is 5.43. The SMILES string of the molecule is Cc1ccc(CC(=O)c2cc(C(C)(C)C)[nH]n2)cc1Nc1ncnc2cnc(N3CCN(C)CC3)nc12. The van der Waals surface area contributed by atoms with E-state index in [2.05, 4.69) is 68.1 Å². The van der Waals surface area contributed by atoms with Gasteiger partial charge in [-0.05, 0) is 37.2 Å². The van der Waals surface area contributed by atoms with Gasteiger partial charge in [0.25, 0.3) is 0 Å². The van der Waals surface area contributed by atoms with Crippen LogP contribution in [-0.4, -0.2) is 74.0 Å². The first-order chi connectivity index (χ1) is 17.7. The van der Waals surface area contributed by atoms with E-state index in [0.29, 0.717) is 28.5 Å². The summed E-state index contributed by atoms with van der Waals surface area (Å²) in [7, 11) is 2.12. The van der Waals surface area contributed by atoms with Crippen LogP contribution in [-0.2, 0) is 11.8 Å². The van der Waals surface area contributed by atoms with Crippen molar-refractivity contribution in [2.75, 3.05) is 43.4 Å². The molecule has 0 amide bonds. The van der Waals surface area contributed by atoms with E-state index in [4.69, 9.17) is 4.98 Å². The number of aromatic nitrogens is 6. The predicted molar refractivity (Wildman–Crippen MR) is 145 cm³/mol. The van der Waals surface area contributed by atoms with Gasteiger partial charge >= 0.3 is 0 Å². The zero-order valence-corrected chi connectivity index (χ0v) is 22.0. The molecule has 0 unspecified atom stereocenters. The minimum Gasteiger partial charge on any atom is -0.338 e. The Morgan fingerprint density at radius 1 is 1.08 bits per heavy atom. The fourth-order valence-corrected chi connectivity index (χ4v) is 4.26. The molecule has 3 aromatic heterocycles. The van der Waals surface area contributed by atoms with E-state index in [1.54, 1.807) is 6.20 Å². The van der Waals surface area contributed by atoms with Gasteiger partial charge in [-0.3, -0.25) is 9.89 Å². The van der Waals surface area contributed by atoms with Crippen molar-refractivity contribution in [2.24, 2.45) is 0 Å². The summed E-state index contributed by atoms with van der Waals surface area (Å²) in [5, 5.41) is 10.7. The van der Waals surface area contributed by atoms with E-state index in [9.17, 15) is 4.79 Å². The van der Waals surface area contributed by atoms with Crippen molar-refractivity contribution in [1.29, 1.82) is 0 Å². The second kappa shape index (κ2) is 9.85. The number of hydrogen-bond acceptors (Lipinski definition) is 9. The van der Waals surface area contributed by atoms with Crippen LogP contribution >= 0.6 is 0 Å². The van der Waals surface area contributed by atoms with E-state index in [1.807, 2.05) is 31.2 Å². The van der Waals surface area contributed by atoms with E-state index in [0.717, 1.165) is 48.7 Å². The Balaban J connectivity index is 1.38. The number of ketones is 1. The van der Waals surface area contributed by atoms with Crippen LogP contribution in [0.1, 0.15) is 48.1 Å². The van der Waals surface area contributed by atoms with Crippen molar-refractivity contribution < 1.29 is 4.79 Å². The minimum absolute atomic E-state index is 0.0291. The number of anilines is 3. The Morgan fingerprint density at radius 3 is 2.59 bits per heavy atom. The van der Waals surface area contributed by atoms with Crippen LogP contribution in [0.4, 0.5) is 17.5 Å². The van der Waals surface area contributed by atoms with E-state index in [-0.39, 0.29) is 17.6 Å². The summed E-state index contributed by atoms with van der Waals surface area (Å²) in [6.07, 6.45) is 3.51. The first-order valence-electron chi connectivity index (χ1n) is 12.5. The summed E-state index contributed by atoms with van der Waals surface area (Å²) in [5.74, 6) is 1.26. The smallest absolute Gasteiger partial charge is 0.226 e. The number of aryl methyl sites for hydroxylation is 1. The van der Waals surface area contributed by atoms with E-state index in [1.165, 1.54) is 6.33 Å². The average molecular weight is 500 g/mol. The lowest BCUT2D eigenvalue weighted by molar-refractivity contribution is 0.0988. The van der Waals surface area contributed by atoms with Crippen LogP contribution in [0.3, 0.4) is 0 Å². The molecular formula is C27H33N9O. The largest absolute Gasteiger partial charge is 0.338 e. The van der Waals surface area contributed by atoms with Gasteiger partial charge in [-0.25, -0.2) is 19.9 Å². The molecule has 1 aliphatic rings. The number of carbonyl (C=O) groups is 1. The summed E-state index contributed by atoms with van der Waals surface area (Å²) in [4.78, 5) is 35.6. The molecule has 0 bridgehead atoms. The quantitative estimate of drug-likeness (QED) is 0.383. The molecule has 0 aliphatic carbocycles. The summed E-state index contributed by atoms with van der Waals surface area (Å²) in [6.45, 7) is 12.0. The van der Waals surface area contributed by atoms with Crippen LogP contribution in [0, 0.1) is 6.92 Å². The maximum Gasteiger partial charge on any atom is 0.226 e. The van der Waals surface area contributed by atoms with Crippen LogP contribution in [0.2, 0.25) is 0 Å². The molecule has 1 aromatic carbocycles. The van der Waals surface area contributed by atoms with Crippen LogP contribution in [0.15, 0.2) is 36.8 Å². The van der Waals surface area contributed by atoms with Crippen molar-refractivity contribution >= 4 is 34.3 Å². The van der Waals surface area contributed by atoms with Crippen molar-refractivity contribution in [2.45, 2.75) is 39.5 Å². The average Bonchev–Trinajstić information content (AvgIpc) is 3.38. The van der Waals surface area contributed by atoms with Crippen LogP contribution < -0.4 is 10.2 Å². The Labute approximate surface area is 216 Å². The third-order valence-corrected chi connectivity index (χ3v) is 6.74. The molecule has 2 N–H and O–H groups in total. The molecular weight excluding hydrogens is 466 g/mol. The lowest BCUT2D eigenvalue weighted by Gasteiger charge is -2.32. The maximum absolute atomic E-state index is 12.9. The molecule has 4 aromatic rings. The van der Waals surface area contributed by atoms with Gasteiger partial charge in [0, 0.05) is 49.4 Å². The molecule has 1 fully saturated rings. The number of fused-ring (bicyclic) bond motifs is 1. The normalized spacial score (nSPS) is 14.8. The third-order valence-electron chi connectivity index (χ3n) is 6.74. The number of nitrogens with zero attached hydrogens (tertiary/aromatic N) is 7. The molecule has 10 heteroatoms. The van der Waals surface area contributed by atoms with Gasteiger partial charge in [-0.1, -0.05) is 32.9 Å². The lowest BCUT2D eigenvalue weighted by Crippen LogP contribution is -2.45. The topological polar surface area (TPSA) is 116 Å². The second-order valence-corrected chi connectivity index (χ2v) is 10.7. The van der Waals surface area contributed by atoms with Crippen molar-refractivity contribution in [3.8, 4) is 0 Å². The zero-order chi connectivity index (χ0) is 26.2. The monoisotopic (exact) mass is 499 g/mol. The second-order valence-electron chi connectivity index (χ2n) is 10.7. The Hall–Kier alpha value is -3.92. The summed E-state index contributed by atoms with van der Waals surface area (Å²) in [6, 6.07) is 7.81. The molecule has 1 saturated heterocycles. The molecule has 5 rings (SSSR count). The number of aromatic amines is 1. The highest BCUT2D eigenvalue weighted by atomic mass is 16.1. The number of nitrogens with one attached hydrogen (secondary N) is 2. The third kappa shape index (κ3) is 5.43. The molecule has 4 heterocycles. The summed E-state index contributed by atoms with van der Waals surface area (Å²) < 4.78 is 0.